The summed E-state index contributed by atoms with van der Waals surface area (Å²) in [6.45, 7) is 1.45. The van der Waals surface area contributed by atoms with E-state index in [1.807, 2.05) is 14.1 Å². The first-order valence-corrected chi connectivity index (χ1v) is 9.16. The fraction of sp³-hybridized carbons (Fsp3) is 0.550. The molecule has 1 aliphatic rings. The van der Waals surface area contributed by atoms with Gasteiger partial charge in [-0.25, -0.2) is 0 Å². The van der Waals surface area contributed by atoms with Gasteiger partial charge in [-0.2, -0.15) is 13.2 Å². The van der Waals surface area contributed by atoms with Crippen molar-refractivity contribution in [3.63, 3.8) is 0 Å². The van der Waals surface area contributed by atoms with Crippen molar-refractivity contribution in [2.45, 2.75) is 44.7 Å². The molecule has 1 aliphatic carbocycles. The lowest BCUT2D eigenvalue weighted by Gasteiger charge is -2.18. The smallest absolute Gasteiger partial charge is 0.416 e. The third kappa shape index (κ3) is 5.88. The molecular weight excluding hydrogens is 412 g/mol. The maximum absolute atomic E-state index is 13.1. The van der Waals surface area contributed by atoms with E-state index in [2.05, 4.69) is 9.88 Å². The van der Waals surface area contributed by atoms with Crippen molar-refractivity contribution in [3.05, 3.63) is 35.0 Å². The molecule has 3 rings (SSSR count). The molecule has 1 aromatic carbocycles. The molecule has 1 aromatic heterocycles. The Hall–Kier alpha value is -1.24. The van der Waals surface area contributed by atoms with Crippen LogP contribution in [0.5, 0.6) is 5.75 Å². The molecule has 0 fully saturated rings. The van der Waals surface area contributed by atoms with Crippen molar-refractivity contribution in [1.82, 2.24) is 9.88 Å². The van der Waals surface area contributed by atoms with Gasteiger partial charge in [0.15, 0.2) is 0 Å². The maximum atomic E-state index is 13.1. The van der Waals surface area contributed by atoms with Gasteiger partial charge in [0, 0.05) is 23.2 Å². The third-order valence-electron chi connectivity index (χ3n) is 4.78. The zero-order valence-corrected chi connectivity index (χ0v) is 17.8. The summed E-state index contributed by atoms with van der Waals surface area (Å²) in [5.74, 6) is 0.736. The second-order valence-electron chi connectivity index (χ2n) is 7.16. The highest BCUT2D eigenvalue weighted by molar-refractivity contribution is 5.87. The van der Waals surface area contributed by atoms with Gasteiger partial charge >= 0.3 is 6.18 Å². The van der Waals surface area contributed by atoms with Gasteiger partial charge in [0.1, 0.15) is 5.75 Å². The number of benzene rings is 1. The lowest BCUT2D eigenvalue weighted by molar-refractivity contribution is -0.137. The molecule has 0 aliphatic heterocycles. The number of halogens is 5. The van der Waals surface area contributed by atoms with E-state index in [1.54, 1.807) is 0 Å². The molecule has 1 heterocycles. The van der Waals surface area contributed by atoms with Gasteiger partial charge in [0.05, 0.1) is 17.7 Å². The quantitative estimate of drug-likeness (QED) is 0.442. The van der Waals surface area contributed by atoms with E-state index in [9.17, 15) is 13.2 Å². The number of fused-ring (bicyclic) bond motifs is 2. The summed E-state index contributed by atoms with van der Waals surface area (Å²) in [4.78, 5) is 6.67. The van der Waals surface area contributed by atoms with Crippen LogP contribution in [0.15, 0.2) is 18.2 Å². The van der Waals surface area contributed by atoms with Crippen LogP contribution in [-0.2, 0) is 19.0 Å². The van der Waals surface area contributed by atoms with Crippen LogP contribution < -0.4 is 4.74 Å². The molecule has 0 unspecified atom stereocenters. The van der Waals surface area contributed by atoms with Crippen LogP contribution >= 0.6 is 24.8 Å². The number of aryl methyl sites for hydroxylation is 1. The molecule has 0 saturated heterocycles. The van der Waals surface area contributed by atoms with Crippen molar-refractivity contribution < 1.29 is 17.9 Å². The molecule has 0 saturated carbocycles. The van der Waals surface area contributed by atoms with E-state index in [-0.39, 0.29) is 24.8 Å². The molecule has 2 aromatic rings. The molecule has 0 N–H and O–H groups in total. The van der Waals surface area contributed by atoms with Crippen molar-refractivity contribution in [1.29, 1.82) is 0 Å². The summed E-state index contributed by atoms with van der Waals surface area (Å²) in [6.07, 6.45) is 1.37. The largest absolute Gasteiger partial charge is 0.492 e. The van der Waals surface area contributed by atoms with Gasteiger partial charge in [-0.3, -0.25) is 4.98 Å². The summed E-state index contributed by atoms with van der Waals surface area (Å²) in [5, 5.41) is 0.684. The van der Waals surface area contributed by atoms with Crippen LogP contribution in [0.25, 0.3) is 10.9 Å². The second-order valence-corrected chi connectivity index (χ2v) is 7.16. The van der Waals surface area contributed by atoms with Gasteiger partial charge in [0.2, 0.25) is 0 Å². The SMILES string of the molecule is CN(C)CCCOc1c2c(nc3cc(C(F)(F)F)ccc13)CCCCC2.Cl.Cl. The standard InChI is InChI=1S/C20H25F3N2O.2ClH/c1-25(2)11-6-12-26-19-15-7-4-3-5-8-17(15)24-18-13-14(20(21,22)23)9-10-16(18)19;;/h9-10,13H,3-8,11-12H2,1-2H3;2*1H. The number of aromatic nitrogens is 1. The Bertz CT molecular complexity index is 782. The van der Waals surface area contributed by atoms with Crippen LogP contribution in [0.4, 0.5) is 13.2 Å². The first kappa shape index (κ1) is 24.8. The van der Waals surface area contributed by atoms with Gasteiger partial charge in [-0.05, 0) is 64.4 Å². The van der Waals surface area contributed by atoms with Crippen LogP contribution in [0.1, 0.15) is 42.5 Å². The summed E-state index contributed by atoms with van der Waals surface area (Å²) in [5.41, 5.74) is 1.70. The predicted molar refractivity (Wildman–Crippen MR) is 111 cm³/mol. The molecule has 8 heteroatoms. The summed E-state index contributed by atoms with van der Waals surface area (Å²) < 4.78 is 45.3. The predicted octanol–water partition coefficient (Wildman–Crippen LogP) is 5.70. The van der Waals surface area contributed by atoms with Crippen LogP contribution in [0.2, 0.25) is 0 Å². The second kappa shape index (κ2) is 10.5. The van der Waals surface area contributed by atoms with E-state index in [1.165, 1.54) is 6.07 Å². The molecule has 0 amide bonds. The Kier molecular flexibility index (Phi) is 9.31. The third-order valence-corrected chi connectivity index (χ3v) is 4.78. The van der Waals surface area contributed by atoms with Crippen LogP contribution in [0, 0.1) is 0 Å². The number of pyridine rings is 1. The Morgan fingerprint density at radius 3 is 2.46 bits per heavy atom. The number of nitrogens with zero attached hydrogens (tertiary/aromatic N) is 2. The molecule has 0 bridgehead atoms. The Labute approximate surface area is 176 Å². The molecule has 0 spiro atoms. The van der Waals surface area contributed by atoms with Gasteiger partial charge < -0.3 is 9.64 Å². The zero-order valence-electron chi connectivity index (χ0n) is 16.1. The van der Waals surface area contributed by atoms with E-state index in [0.717, 1.165) is 74.2 Å². The lowest BCUT2D eigenvalue weighted by atomic mass is 10.0. The highest BCUT2D eigenvalue weighted by Gasteiger charge is 2.31. The number of alkyl halides is 3. The molecule has 3 nitrogen and oxygen atoms in total. The summed E-state index contributed by atoms with van der Waals surface area (Å²) in [7, 11) is 4.01. The fourth-order valence-electron chi connectivity index (χ4n) is 3.45. The highest BCUT2D eigenvalue weighted by atomic mass is 35.5. The number of hydrogen-bond donors (Lipinski definition) is 0. The minimum Gasteiger partial charge on any atom is -0.492 e. The van der Waals surface area contributed by atoms with Crippen molar-refractivity contribution in [2.24, 2.45) is 0 Å². The lowest BCUT2D eigenvalue weighted by Crippen LogP contribution is -2.16. The molecule has 0 radical (unpaired) electrons. The molecular formula is C20H27Cl2F3N2O. The zero-order chi connectivity index (χ0) is 18.7. The number of hydrogen-bond acceptors (Lipinski definition) is 3. The van der Waals surface area contributed by atoms with Crippen molar-refractivity contribution in [3.8, 4) is 5.75 Å². The Morgan fingerprint density at radius 1 is 1.07 bits per heavy atom. The van der Waals surface area contributed by atoms with E-state index >= 15 is 0 Å². The van der Waals surface area contributed by atoms with E-state index in [4.69, 9.17) is 4.74 Å². The monoisotopic (exact) mass is 438 g/mol. The molecule has 28 heavy (non-hydrogen) atoms. The summed E-state index contributed by atoms with van der Waals surface area (Å²) in [6, 6.07) is 3.78. The number of ether oxygens (including phenoxy) is 1. The topological polar surface area (TPSA) is 25.4 Å². The van der Waals surface area contributed by atoms with Crippen LogP contribution in [-0.4, -0.2) is 37.1 Å². The number of rotatable bonds is 5. The van der Waals surface area contributed by atoms with Crippen molar-refractivity contribution >= 4 is 35.7 Å². The van der Waals surface area contributed by atoms with Crippen LogP contribution in [0.3, 0.4) is 0 Å². The van der Waals surface area contributed by atoms with Gasteiger partial charge in [-0.15, -0.1) is 24.8 Å². The first-order chi connectivity index (χ1) is 12.4. The minimum atomic E-state index is -4.37. The molecule has 0 atom stereocenters. The Morgan fingerprint density at radius 2 is 1.79 bits per heavy atom. The summed E-state index contributed by atoms with van der Waals surface area (Å²) >= 11 is 0. The average Bonchev–Trinajstić information content (AvgIpc) is 2.81. The van der Waals surface area contributed by atoms with Gasteiger partial charge in [0.25, 0.3) is 0 Å². The Balaban J connectivity index is 0.00000196. The van der Waals surface area contributed by atoms with Crippen molar-refractivity contribution in [2.75, 3.05) is 27.2 Å². The minimum absolute atomic E-state index is 0. The van der Waals surface area contributed by atoms with Gasteiger partial charge in [-0.1, -0.05) is 6.42 Å². The van der Waals surface area contributed by atoms with E-state index < -0.39 is 11.7 Å². The normalized spacial score (nSPS) is 14.1. The molecule has 158 valence electrons. The maximum Gasteiger partial charge on any atom is 0.416 e. The highest BCUT2D eigenvalue weighted by Crippen LogP contribution is 2.37. The fourth-order valence-corrected chi connectivity index (χ4v) is 3.45. The van der Waals surface area contributed by atoms with E-state index in [0.29, 0.717) is 17.5 Å². The first-order valence-electron chi connectivity index (χ1n) is 9.16. The average molecular weight is 439 g/mol.